The maximum absolute atomic E-state index is 13.3. The third kappa shape index (κ3) is 4.09. The molecule has 9 heteroatoms. The van der Waals surface area contributed by atoms with Crippen molar-refractivity contribution in [2.45, 2.75) is 13.8 Å². The van der Waals surface area contributed by atoms with E-state index < -0.39 is 5.69 Å². The fraction of sp³-hybridized carbons (Fsp3) is 0.269. The summed E-state index contributed by atoms with van der Waals surface area (Å²) in [7, 11) is 6.22. The van der Waals surface area contributed by atoms with Gasteiger partial charge in [0, 0.05) is 38.0 Å². The minimum atomic E-state index is -0.412. The Morgan fingerprint density at radius 3 is 2.23 bits per heavy atom. The van der Waals surface area contributed by atoms with Gasteiger partial charge in [-0.3, -0.25) is 18.7 Å². The van der Waals surface area contributed by atoms with E-state index in [1.54, 1.807) is 32.5 Å². The zero-order valence-corrected chi connectivity index (χ0v) is 20.6. The molecule has 0 spiro atoms. The van der Waals surface area contributed by atoms with Gasteiger partial charge in [0.05, 0.1) is 36.5 Å². The quantitative estimate of drug-likeness (QED) is 0.461. The number of nitrogens with zero attached hydrogens (tertiary/aromatic N) is 3. The van der Waals surface area contributed by atoms with Crippen LogP contribution in [0.3, 0.4) is 0 Å². The van der Waals surface area contributed by atoms with Crippen LogP contribution >= 0.6 is 0 Å². The van der Waals surface area contributed by atoms with Gasteiger partial charge in [-0.25, -0.2) is 4.79 Å². The molecule has 0 radical (unpaired) electrons. The topological polar surface area (TPSA) is 96.5 Å². The van der Waals surface area contributed by atoms with Crippen molar-refractivity contribution < 1.29 is 14.3 Å². The summed E-state index contributed by atoms with van der Waals surface area (Å²) in [5.41, 5.74) is 2.33. The fourth-order valence-electron chi connectivity index (χ4n) is 3.99. The molecular weight excluding hydrogens is 448 g/mol. The van der Waals surface area contributed by atoms with E-state index in [0.717, 1.165) is 10.1 Å². The lowest BCUT2D eigenvalue weighted by Gasteiger charge is -2.15. The number of carbonyl (C=O) groups is 1. The summed E-state index contributed by atoms with van der Waals surface area (Å²) in [5, 5.41) is 3.29. The monoisotopic (exact) mass is 476 g/mol. The third-order valence-electron chi connectivity index (χ3n) is 6.05. The minimum Gasteiger partial charge on any atom is -0.497 e. The predicted octanol–water partition coefficient (Wildman–Crippen LogP) is 3.31. The van der Waals surface area contributed by atoms with Crippen molar-refractivity contribution >= 4 is 22.5 Å². The van der Waals surface area contributed by atoms with Crippen LogP contribution in [0.5, 0.6) is 11.5 Å². The van der Waals surface area contributed by atoms with Crippen LogP contribution < -0.4 is 26.0 Å². The van der Waals surface area contributed by atoms with Crippen molar-refractivity contribution in [2.75, 3.05) is 19.5 Å². The Hall–Kier alpha value is -4.27. The van der Waals surface area contributed by atoms with Gasteiger partial charge in [-0.1, -0.05) is 13.8 Å². The number of rotatable bonds is 6. The fourth-order valence-corrected chi connectivity index (χ4v) is 3.99. The Labute approximate surface area is 202 Å². The van der Waals surface area contributed by atoms with Gasteiger partial charge < -0.3 is 19.4 Å². The van der Waals surface area contributed by atoms with E-state index in [4.69, 9.17) is 9.47 Å². The number of anilines is 1. The van der Waals surface area contributed by atoms with Crippen molar-refractivity contribution in [3.63, 3.8) is 0 Å². The highest BCUT2D eigenvalue weighted by Crippen LogP contribution is 2.34. The van der Waals surface area contributed by atoms with Crippen LogP contribution in [-0.2, 0) is 18.9 Å². The Morgan fingerprint density at radius 2 is 1.63 bits per heavy atom. The van der Waals surface area contributed by atoms with E-state index in [1.165, 1.54) is 18.7 Å². The molecule has 0 saturated carbocycles. The Balaban J connectivity index is 2.01. The van der Waals surface area contributed by atoms with Gasteiger partial charge in [0.25, 0.3) is 5.56 Å². The molecule has 0 fully saturated rings. The summed E-state index contributed by atoms with van der Waals surface area (Å²) in [4.78, 5) is 38.1. The number of benzene rings is 2. The minimum absolute atomic E-state index is 0.125. The van der Waals surface area contributed by atoms with Gasteiger partial charge in [0.1, 0.15) is 11.5 Å². The highest BCUT2D eigenvalue weighted by atomic mass is 16.5. The van der Waals surface area contributed by atoms with E-state index in [1.807, 2.05) is 48.7 Å². The molecule has 1 amide bonds. The maximum atomic E-state index is 13.3. The summed E-state index contributed by atoms with van der Waals surface area (Å²) in [6.45, 7) is 3.63. The first kappa shape index (κ1) is 23.9. The number of methoxy groups -OCH3 is 2. The summed E-state index contributed by atoms with van der Waals surface area (Å²) in [6, 6.07) is 12.7. The number of hydrogen-bond donors (Lipinski definition) is 1. The molecule has 9 nitrogen and oxygen atoms in total. The first-order valence-electron chi connectivity index (χ1n) is 11.1. The molecule has 0 aliphatic carbocycles. The van der Waals surface area contributed by atoms with Crippen LogP contribution in [0.15, 0.2) is 58.3 Å². The zero-order valence-electron chi connectivity index (χ0n) is 20.6. The van der Waals surface area contributed by atoms with Crippen LogP contribution in [0.2, 0.25) is 0 Å². The first-order valence-corrected chi connectivity index (χ1v) is 11.1. The van der Waals surface area contributed by atoms with E-state index in [9.17, 15) is 14.4 Å². The van der Waals surface area contributed by atoms with E-state index >= 15 is 0 Å². The number of aryl methyl sites for hydroxylation is 1. The van der Waals surface area contributed by atoms with Gasteiger partial charge in [0.15, 0.2) is 0 Å². The molecule has 1 N–H and O–H groups in total. The average molecular weight is 477 g/mol. The molecule has 4 aromatic rings. The number of carbonyl (C=O) groups excluding carboxylic acids is 1. The normalized spacial score (nSPS) is 11.2. The van der Waals surface area contributed by atoms with E-state index in [0.29, 0.717) is 39.5 Å². The third-order valence-corrected chi connectivity index (χ3v) is 6.05. The molecule has 2 heterocycles. The summed E-state index contributed by atoms with van der Waals surface area (Å²) in [5.74, 6) is 0.841. The second-order valence-electron chi connectivity index (χ2n) is 8.57. The number of hydrogen-bond acceptors (Lipinski definition) is 5. The molecule has 182 valence electrons. The van der Waals surface area contributed by atoms with Crippen molar-refractivity contribution in [2.24, 2.45) is 20.0 Å². The van der Waals surface area contributed by atoms with Gasteiger partial charge in [-0.05, 0) is 42.0 Å². The maximum Gasteiger partial charge on any atom is 0.330 e. The molecule has 2 aromatic carbocycles. The Bertz CT molecular complexity index is 1540. The highest BCUT2D eigenvalue weighted by molar-refractivity contribution is 5.96. The van der Waals surface area contributed by atoms with E-state index in [2.05, 4.69) is 5.32 Å². The van der Waals surface area contributed by atoms with Crippen LogP contribution in [0.25, 0.3) is 27.8 Å². The van der Waals surface area contributed by atoms with Crippen molar-refractivity contribution in [3.8, 4) is 28.4 Å². The van der Waals surface area contributed by atoms with E-state index in [-0.39, 0.29) is 17.4 Å². The molecular formula is C26H28N4O5. The summed E-state index contributed by atoms with van der Waals surface area (Å²) < 4.78 is 15.3. The molecule has 0 saturated heterocycles. The van der Waals surface area contributed by atoms with Gasteiger partial charge in [-0.15, -0.1) is 0 Å². The number of amides is 1. The molecule has 2 aromatic heterocycles. The lowest BCUT2D eigenvalue weighted by molar-refractivity contribution is -0.118. The second-order valence-corrected chi connectivity index (χ2v) is 8.57. The second kappa shape index (κ2) is 9.17. The summed E-state index contributed by atoms with van der Waals surface area (Å²) in [6.07, 6.45) is 1.76. The lowest BCUT2D eigenvalue weighted by Crippen LogP contribution is -2.36. The highest BCUT2D eigenvalue weighted by Gasteiger charge is 2.21. The number of aromatic nitrogens is 3. The molecule has 0 atom stereocenters. The smallest absolute Gasteiger partial charge is 0.330 e. The largest absolute Gasteiger partial charge is 0.497 e. The number of fused-ring (bicyclic) bond motifs is 1. The van der Waals surface area contributed by atoms with Gasteiger partial charge >= 0.3 is 5.69 Å². The zero-order chi connectivity index (χ0) is 25.4. The molecule has 35 heavy (non-hydrogen) atoms. The lowest BCUT2D eigenvalue weighted by atomic mass is 10.1. The predicted molar refractivity (Wildman–Crippen MR) is 136 cm³/mol. The van der Waals surface area contributed by atoms with Crippen LogP contribution in [-0.4, -0.2) is 33.8 Å². The number of ether oxygens (including phenoxy) is 2. The molecule has 0 aliphatic heterocycles. The standard InChI is InChI=1S/C26H28N4O5/c1-15(2)24(31)27-19-12-9-17(13-21(19)35-6)30-14-20-22(25(32)29(4)26(33)28(20)3)23(30)16-7-10-18(34-5)11-8-16/h7-15H,1-6H3,(H,27,31). The molecule has 0 unspecified atom stereocenters. The van der Waals surface area contributed by atoms with Gasteiger partial charge in [0.2, 0.25) is 5.91 Å². The van der Waals surface area contributed by atoms with Crippen molar-refractivity contribution in [1.82, 2.24) is 13.7 Å². The molecule has 0 aliphatic rings. The Kier molecular flexibility index (Phi) is 6.26. The first-order chi connectivity index (χ1) is 16.7. The van der Waals surface area contributed by atoms with Crippen LogP contribution in [0.1, 0.15) is 13.8 Å². The average Bonchev–Trinajstić information content (AvgIpc) is 3.27. The van der Waals surface area contributed by atoms with Crippen molar-refractivity contribution in [1.29, 1.82) is 0 Å². The number of nitrogens with one attached hydrogen (secondary N) is 1. The van der Waals surface area contributed by atoms with Gasteiger partial charge in [-0.2, -0.15) is 0 Å². The molecule has 0 bridgehead atoms. The van der Waals surface area contributed by atoms with Crippen LogP contribution in [0.4, 0.5) is 5.69 Å². The van der Waals surface area contributed by atoms with Crippen molar-refractivity contribution in [3.05, 3.63) is 69.5 Å². The molecule has 4 rings (SSSR count). The SMILES string of the molecule is COc1ccc(-c2c3c(=O)n(C)c(=O)n(C)c3cn2-c2ccc(NC(=O)C(C)C)c(OC)c2)cc1. The van der Waals surface area contributed by atoms with Crippen LogP contribution in [0, 0.1) is 5.92 Å². The summed E-state index contributed by atoms with van der Waals surface area (Å²) >= 11 is 0. The Morgan fingerprint density at radius 1 is 0.943 bits per heavy atom.